The van der Waals surface area contributed by atoms with E-state index in [4.69, 9.17) is 9.47 Å². The summed E-state index contributed by atoms with van der Waals surface area (Å²) in [6.45, 7) is 9.06. The van der Waals surface area contributed by atoms with Gasteiger partial charge in [0.1, 0.15) is 11.5 Å². The van der Waals surface area contributed by atoms with Crippen LogP contribution in [0.25, 0.3) is 0 Å². The highest BCUT2D eigenvalue weighted by molar-refractivity contribution is 5.17. The Balaban J connectivity index is 1.94. The maximum Gasteiger partial charge on any atom is 0.103 e. The molecule has 18 heavy (non-hydrogen) atoms. The van der Waals surface area contributed by atoms with Gasteiger partial charge >= 0.3 is 0 Å². The van der Waals surface area contributed by atoms with E-state index in [1.807, 2.05) is 0 Å². The normalized spacial score (nSPS) is 36.7. The highest BCUT2D eigenvalue weighted by Gasteiger charge is 2.37. The molecule has 3 aliphatic rings. The van der Waals surface area contributed by atoms with Crippen LogP contribution in [0.3, 0.4) is 0 Å². The summed E-state index contributed by atoms with van der Waals surface area (Å²) in [5.74, 6) is 2.22. The van der Waals surface area contributed by atoms with E-state index in [0.29, 0.717) is 12.2 Å². The third-order valence-corrected chi connectivity index (χ3v) is 4.12. The van der Waals surface area contributed by atoms with Gasteiger partial charge in [-0.25, -0.2) is 0 Å². The Labute approximate surface area is 110 Å². The molecule has 2 unspecified atom stereocenters. The molecule has 0 saturated carbocycles. The lowest BCUT2D eigenvalue weighted by Crippen LogP contribution is -2.37. The lowest BCUT2D eigenvalue weighted by molar-refractivity contribution is -0.0728. The van der Waals surface area contributed by atoms with Gasteiger partial charge in [0.15, 0.2) is 0 Å². The second-order valence-corrected chi connectivity index (χ2v) is 7.50. The quantitative estimate of drug-likeness (QED) is 0.640. The van der Waals surface area contributed by atoms with Gasteiger partial charge in [-0.15, -0.1) is 0 Å². The average molecular weight is 248 g/mol. The molecule has 1 saturated heterocycles. The van der Waals surface area contributed by atoms with Gasteiger partial charge in [-0.1, -0.05) is 27.7 Å². The van der Waals surface area contributed by atoms with Crippen molar-refractivity contribution in [2.45, 2.75) is 65.6 Å². The molecule has 2 nitrogen and oxygen atoms in total. The van der Waals surface area contributed by atoms with Gasteiger partial charge in [0, 0.05) is 12.8 Å². The Morgan fingerprint density at radius 2 is 1.33 bits per heavy atom. The van der Waals surface area contributed by atoms with E-state index in [9.17, 15) is 0 Å². The van der Waals surface area contributed by atoms with Crippen molar-refractivity contribution in [2.24, 2.45) is 10.8 Å². The van der Waals surface area contributed by atoms with Crippen molar-refractivity contribution < 1.29 is 9.47 Å². The Kier molecular flexibility index (Phi) is 2.64. The van der Waals surface area contributed by atoms with E-state index in [2.05, 4.69) is 39.8 Å². The third kappa shape index (κ3) is 2.49. The second kappa shape index (κ2) is 3.86. The molecule has 1 heterocycles. The van der Waals surface area contributed by atoms with Crippen molar-refractivity contribution in [3.05, 3.63) is 23.7 Å². The van der Waals surface area contributed by atoms with E-state index in [1.165, 1.54) is 0 Å². The van der Waals surface area contributed by atoms with E-state index >= 15 is 0 Å². The molecule has 3 rings (SSSR count). The van der Waals surface area contributed by atoms with Crippen LogP contribution in [-0.4, -0.2) is 12.2 Å². The van der Waals surface area contributed by atoms with Crippen molar-refractivity contribution in [1.29, 1.82) is 0 Å². The number of rotatable bonds is 0. The molecule has 2 heteroatoms. The lowest BCUT2D eigenvalue weighted by Gasteiger charge is -2.42. The van der Waals surface area contributed by atoms with Crippen LogP contribution in [0.4, 0.5) is 0 Å². The predicted molar refractivity (Wildman–Crippen MR) is 71.9 cm³/mol. The van der Waals surface area contributed by atoms with Crippen molar-refractivity contribution in [1.82, 2.24) is 0 Å². The molecule has 0 N–H and O–H groups in total. The number of hydrogen-bond donors (Lipinski definition) is 0. The van der Waals surface area contributed by atoms with Crippen LogP contribution >= 0.6 is 0 Å². The maximum absolute atomic E-state index is 6.34. The molecule has 0 aromatic rings. The van der Waals surface area contributed by atoms with Crippen LogP contribution in [0.1, 0.15) is 53.4 Å². The molecule has 0 radical (unpaired) electrons. The molecule has 0 amide bonds. The van der Waals surface area contributed by atoms with Crippen LogP contribution in [0, 0.1) is 10.8 Å². The first-order chi connectivity index (χ1) is 8.31. The topological polar surface area (TPSA) is 18.5 Å². The van der Waals surface area contributed by atoms with E-state index in [1.54, 1.807) is 0 Å². The number of hydrogen-bond acceptors (Lipinski definition) is 2. The van der Waals surface area contributed by atoms with Gasteiger partial charge in [-0.2, -0.15) is 0 Å². The molecule has 0 spiro atoms. The largest absolute Gasteiger partial charge is 0.467 e. The molecular formula is C16H24O2. The van der Waals surface area contributed by atoms with E-state index < -0.39 is 0 Å². The zero-order valence-corrected chi connectivity index (χ0v) is 12.0. The second-order valence-electron chi connectivity index (χ2n) is 7.50. The first kappa shape index (κ1) is 12.3. The highest BCUT2D eigenvalue weighted by Crippen LogP contribution is 2.43. The number of allylic oxidation sites excluding steroid dienone is 2. The van der Waals surface area contributed by atoms with E-state index in [0.717, 1.165) is 37.2 Å². The average Bonchev–Trinajstić information content (AvgIpc) is 2.09. The van der Waals surface area contributed by atoms with Gasteiger partial charge < -0.3 is 9.47 Å². The van der Waals surface area contributed by atoms with Gasteiger partial charge in [0.2, 0.25) is 0 Å². The smallest absolute Gasteiger partial charge is 0.103 e. The third-order valence-electron chi connectivity index (χ3n) is 4.12. The van der Waals surface area contributed by atoms with Crippen LogP contribution in [0.15, 0.2) is 23.7 Å². The molecule has 1 fully saturated rings. The SMILES string of the molecule is CC1(C)C=C2CC(C1)OC1CC(=CC(C)(C)C1)O2. The van der Waals surface area contributed by atoms with Gasteiger partial charge in [-0.3, -0.25) is 0 Å². The monoisotopic (exact) mass is 248 g/mol. The lowest BCUT2D eigenvalue weighted by atomic mass is 9.78. The molecular weight excluding hydrogens is 224 g/mol. The van der Waals surface area contributed by atoms with Crippen molar-refractivity contribution in [2.75, 3.05) is 0 Å². The summed E-state index contributed by atoms with van der Waals surface area (Å²) < 4.78 is 12.5. The molecule has 4 bridgehead atoms. The first-order valence-corrected chi connectivity index (χ1v) is 7.08. The zero-order chi connectivity index (χ0) is 13.0. The Bertz CT molecular complexity index is 377. The van der Waals surface area contributed by atoms with Crippen LogP contribution in [0.5, 0.6) is 0 Å². The van der Waals surface area contributed by atoms with Gasteiger partial charge in [0.25, 0.3) is 0 Å². The van der Waals surface area contributed by atoms with Crippen molar-refractivity contribution >= 4 is 0 Å². The van der Waals surface area contributed by atoms with Crippen molar-refractivity contribution in [3.8, 4) is 0 Å². The summed E-state index contributed by atoms with van der Waals surface area (Å²) in [6, 6.07) is 0. The number of fused-ring (bicyclic) bond motifs is 4. The fourth-order valence-corrected chi connectivity index (χ4v) is 3.65. The zero-order valence-electron chi connectivity index (χ0n) is 12.0. The molecule has 2 atom stereocenters. The summed E-state index contributed by atoms with van der Waals surface area (Å²) in [5.41, 5.74) is 0.389. The Morgan fingerprint density at radius 1 is 0.889 bits per heavy atom. The Hall–Kier alpha value is -0.760. The number of ether oxygens (including phenoxy) is 2. The van der Waals surface area contributed by atoms with Crippen LogP contribution < -0.4 is 0 Å². The molecule has 0 aromatic heterocycles. The summed E-state index contributed by atoms with van der Waals surface area (Å²) in [5, 5.41) is 0. The summed E-state index contributed by atoms with van der Waals surface area (Å²) in [6.07, 6.45) is 9.34. The molecule has 2 aliphatic carbocycles. The van der Waals surface area contributed by atoms with Crippen molar-refractivity contribution in [3.63, 3.8) is 0 Å². The first-order valence-electron chi connectivity index (χ1n) is 7.08. The minimum Gasteiger partial charge on any atom is -0.467 e. The summed E-state index contributed by atoms with van der Waals surface area (Å²) in [4.78, 5) is 0. The molecule has 100 valence electrons. The maximum atomic E-state index is 6.34. The molecule has 1 aliphatic heterocycles. The highest BCUT2D eigenvalue weighted by atomic mass is 16.5. The minimum absolute atomic E-state index is 0.194. The van der Waals surface area contributed by atoms with E-state index in [-0.39, 0.29) is 10.8 Å². The summed E-state index contributed by atoms with van der Waals surface area (Å²) in [7, 11) is 0. The van der Waals surface area contributed by atoms with Gasteiger partial charge in [0.05, 0.1) is 12.2 Å². The fraction of sp³-hybridized carbons (Fsp3) is 0.750. The minimum atomic E-state index is 0.194. The van der Waals surface area contributed by atoms with Gasteiger partial charge in [-0.05, 0) is 35.8 Å². The summed E-state index contributed by atoms with van der Waals surface area (Å²) >= 11 is 0. The Morgan fingerprint density at radius 3 is 1.78 bits per heavy atom. The van der Waals surface area contributed by atoms with Crippen LogP contribution in [-0.2, 0) is 9.47 Å². The standard InChI is InChI=1S/C16H24O2/c1-15(2)7-11-5-12(8-15)18-14-6-13(17-11)9-16(3,4)10-14/h7,9,12,14H,5-6,8,10H2,1-4H3. The van der Waals surface area contributed by atoms with Crippen LogP contribution in [0.2, 0.25) is 0 Å². The molecule has 0 aromatic carbocycles. The fourth-order valence-electron chi connectivity index (χ4n) is 3.65. The predicted octanol–water partition coefficient (Wildman–Crippen LogP) is 4.18.